The van der Waals surface area contributed by atoms with Crippen LogP contribution >= 0.6 is 35.2 Å². The van der Waals surface area contributed by atoms with Crippen LogP contribution < -0.4 is 0 Å². The van der Waals surface area contributed by atoms with Crippen molar-refractivity contribution < 1.29 is 0 Å². The molecule has 1 aromatic carbocycles. The molecule has 1 heterocycles. The molecule has 1 aromatic heterocycles. The molecule has 0 bridgehead atoms. The van der Waals surface area contributed by atoms with E-state index in [1.54, 1.807) is 0 Å². The highest BCUT2D eigenvalue weighted by Crippen LogP contribution is 2.19. The topological polar surface area (TPSA) is 17.8 Å². The number of halogens is 1. The first-order valence-corrected chi connectivity index (χ1v) is 6.84. The molecule has 0 aliphatic heterocycles. The van der Waals surface area contributed by atoms with Crippen LogP contribution in [0.3, 0.4) is 0 Å². The fourth-order valence-electron chi connectivity index (χ4n) is 1.66. The molecule has 4 heteroatoms. The minimum Gasteiger partial charge on any atom is -0.271 e. The van der Waals surface area contributed by atoms with Gasteiger partial charge in [0, 0.05) is 18.7 Å². The molecule has 2 rings (SSSR count). The summed E-state index contributed by atoms with van der Waals surface area (Å²) in [6.45, 7) is 0.885. The summed E-state index contributed by atoms with van der Waals surface area (Å²) in [5.41, 5.74) is 1.32. The van der Waals surface area contributed by atoms with Gasteiger partial charge in [-0.1, -0.05) is 30.3 Å². The first-order chi connectivity index (χ1) is 7.79. The molecule has 2 nitrogen and oxygen atoms in total. The van der Waals surface area contributed by atoms with Gasteiger partial charge >= 0.3 is 0 Å². The van der Waals surface area contributed by atoms with Crippen LogP contribution in [0.4, 0.5) is 0 Å². The molecule has 1 unspecified atom stereocenters. The number of aromatic nitrogens is 2. The fraction of sp³-hybridized carbons (Fsp3) is 0.250. The van der Waals surface area contributed by atoms with Gasteiger partial charge < -0.3 is 0 Å². The number of hydrogen-bond acceptors (Lipinski definition) is 2. The minimum atomic E-state index is 0.417. The monoisotopic (exact) mass is 344 g/mol. The molecule has 0 radical (unpaired) electrons. The average molecular weight is 344 g/mol. The zero-order chi connectivity index (χ0) is 11.4. The van der Waals surface area contributed by atoms with E-state index in [0.717, 1.165) is 12.3 Å². The minimum absolute atomic E-state index is 0.417. The number of hydrogen-bond donors (Lipinski definition) is 1. The van der Waals surface area contributed by atoms with Crippen LogP contribution in [0.1, 0.15) is 11.5 Å². The Balaban J connectivity index is 2.12. The van der Waals surface area contributed by atoms with Gasteiger partial charge in [-0.25, -0.2) is 0 Å². The van der Waals surface area contributed by atoms with E-state index < -0.39 is 0 Å². The van der Waals surface area contributed by atoms with Crippen LogP contribution in [0.25, 0.3) is 0 Å². The zero-order valence-corrected chi connectivity index (χ0v) is 11.8. The van der Waals surface area contributed by atoms with Gasteiger partial charge in [0.15, 0.2) is 0 Å². The first kappa shape index (κ1) is 12.0. The molecular formula is C12H13IN2S. The second-order valence-corrected chi connectivity index (χ2v) is 5.28. The Morgan fingerprint density at radius 2 is 2.06 bits per heavy atom. The molecule has 0 spiro atoms. The molecule has 0 aliphatic rings. The van der Waals surface area contributed by atoms with Gasteiger partial charge in [0.1, 0.15) is 0 Å². The smallest absolute Gasteiger partial charge is 0.0623 e. The lowest BCUT2D eigenvalue weighted by atomic mass is 10.0. The predicted octanol–water partition coefficient (Wildman–Crippen LogP) is 3.20. The normalized spacial score (nSPS) is 12.6. The van der Waals surface area contributed by atoms with Crippen molar-refractivity contribution in [3.05, 3.63) is 51.9 Å². The Labute approximate surface area is 115 Å². The molecule has 2 aromatic rings. The van der Waals surface area contributed by atoms with Crippen LogP contribution in [0.2, 0.25) is 0 Å². The van der Waals surface area contributed by atoms with E-state index in [0.29, 0.717) is 5.92 Å². The Hall–Kier alpha value is -0.490. The molecule has 0 N–H and O–H groups in total. The third-order valence-corrected chi connectivity index (χ3v) is 3.50. The predicted molar refractivity (Wildman–Crippen MR) is 78.0 cm³/mol. The second-order valence-electron chi connectivity index (χ2n) is 3.67. The molecule has 0 saturated heterocycles. The quantitative estimate of drug-likeness (QED) is 0.666. The summed E-state index contributed by atoms with van der Waals surface area (Å²) in [5.74, 6) is 1.25. The highest BCUT2D eigenvalue weighted by molar-refractivity contribution is 14.1. The lowest BCUT2D eigenvalue weighted by molar-refractivity contribution is 0.548. The maximum Gasteiger partial charge on any atom is 0.0623 e. The summed E-state index contributed by atoms with van der Waals surface area (Å²) in [7, 11) is 0. The zero-order valence-electron chi connectivity index (χ0n) is 8.75. The van der Waals surface area contributed by atoms with E-state index in [9.17, 15) is 0 Å². The average Bonchev–Trinajstić information content (AvgIpc) is 2.73. The number of thiol groups is 1. The summed E-state index contributed by atoms with van der Waals surface area (Å²) in [4.78, 5) is 0. The van der Waals surface area contributed by atoms with E-state index >= 15 is 0 Å². The van der Waals surface area contributed by atoms with Crippen molar-refractivity contribution in [2.45, 2.75) is 12.5 Å². The van der Waals surface area contributed by atoms with Crippen LogP contribution in [0, 0.1) is 3.57 Å². The second kappa shape index (κ2) is 5.72. The summed E-state index contributed by atoms with van der Waals surface area (Å²) >= 11 is 6.69. The van der Waals surface area contributed by atoms with Gasteiger partial charge in [-0.2, -0.15) is 17.7 Å². The number of benzene rings is 1. The lowest BCUT2D eigenvalue weighted by Crippen LogP contribution is -2.11. The molecule has 16 heavy (non-hydrogen) atoms. The number of rotatable bonds is 4. The Morgan fingerprint density at radius 1 is 1.31 bits per heavy atom. The third-order valence-electron chi connectivity index (χ3n) is 2.50. The van der Waals surface area contributed by atoms with E-state index in [1.165, 1.54) is 9.13 Å². The largest absolute Gasteiger partial charge is 0.271 e. The highest BCUT2D eigenvalue weighted by atomic mass is 127. The van der Waals surface area contributed by atoms with Crippen LogP contribution in [-0.2, 0) is 6.54 Å². The Morgan fingerprint density at radius 3 is 2.62 bits per heavy atom. The molecule has 0 fully saturated rings. The van der Waals surface area contributed by atoms with Crippen molar-refractivity contribution >= 4 is 35.2 Å². The van der Waals surface area contributed by atoms with Gasteiger partial charge in [-0.3, -0.25) is 4.68 Å². The van der Waals surface area contributed by atoms with Crippen molar-refractivity contribution in [1.82, 2.24) is 9.78 Å². The molecule has 0 aliphatic carbocycles. The molecule has 0 saturated carbocycles. The lowest BCUT2D eigenvalue weighted by Gasteiger charge is -2.14. The third kappa shape index (κ3) is 3.01. The fourth-order valence-corrected chi connectivity index (χ4v) is 2.43. The van der Waals surface area contributed by atoms with Crippen molar-refractivity contribution in [1.29, 1.82) is 0 Å². The van der Waals surface area contributed by atoms with Crippen LogP contribution in [0.15, 0.2) is 42.7 Å². The first-order valence-electron chi connectivity index (χ1n) is 5.13. The Kier molecular flexibility index (Phi) is 4.29. The van der Waals surface area contributed by atoms with Gasteiger partial charge in [-0.05, 0) is 33.9 Å². The summed E-state index contributed by atoms with van der Waals surface area (Å²) in [5, 5.41) is 4.30. The molecule has 1 atom stereocenters. The van der Waals surface area contributed by atoms with Crippen molar-refractivity contribution in [3.8, 4) is 0 Å². The summed E-state index contributed by atoms with van der Waals surface area (Å²) in [6, 6.07) is 10.5. The standard InChI is InChI=1S/C12H13IN2S/c13-12-6-14-15(8-12)7-11(9-16)10-4-2-1-3-5-10/h1-6,8,11,16H,7,9H2. The molecular weight excluding hydrogens is 331 g/mol. The van der Waals surface area contributed by atoms with Crippen molar-refractivity contribution in [2.75, 3.05) is 5.75 Å². The van der Waals surface area contributed by atoms with Crippen molar-refractivity contribution in [2.24, 2.45) is 0 Å². The maximum absolute atomic E-state index is 4.42. The van der Waals surface area contributed by atoms with Gasteiger partial charge in [0.05, 0.1) is 9.77 Å². The van der Waals surface area contributed by atoms with Gasteiger partial charge in [-0.15, -0.1) is 0 Å². The Bertz CT molecular complexity index is 441. The van der Waals surface area contributed by atoms with E-state index in [4.69, 9.17) is 0 Å². The van der Waals surface area contributed by atoms with Crippen LogP contribution in [0.5, 0.6) is 0 Å². The molecule has 0 amide bonds. The summed E-state index contributed by atoms with van der Waals surface area (Å²) in [6.07, 6.45) is 3.93. The van der Waals surface area contributed by atoms with E-state index in [-0.39, 0.29) is 0 Å². The summed E-state index contributed by atoms with van der Waals surface area (Å²) < 4.78 is 3.15. The van der Waals surface area contributed by atoms with E-state index in [1.807, 2.05) is 16.9 Å². The highest BCUT2D eigenvalue weighted by Gasteiger charge is 2.10. The van der Waals surface area contributed by atoms with Crippen molar-refractivity contribution in [3.63, 3.8) is 0 Å². The number of nitrogens with zero attached hydrogens (tertiary/aromatic N) is 2. The van der Waals surface area contributed by atoms with E-state index in [2.05, 4.69) is 70.8 Å². The maximum atomic E-state index is 4.42. The van der Waals surface area contributed by atoms with Gasteiger partial charge in [0.25, 0.3) is 0 Å². The SMILES string of the molecule is SCC(Cn1cc(I)cn1)c1ccccc1. The molecule has 84 valence electrons. The van der Waals surface area contributed by atoms with Gasteiger partial charge in [0.2, 0.25) is 0 Å². The van der Waals surface area contributed by atoms with Crippen LogP contribution in [-0.4, -0.2) is 15.5 Å².